The van der Waals surface area contributed by atoms with Gasteiger partial charge in [0.2, 0.25) is 10.0 Å². The van der Waals surface area contributed by atoms with Crippen LogP contribution in [-0.2, 0) is 10.0 Å². The van der Waals surface area contributed by atoms with E-state index < -0.39 is 10.0 Å². The number of benzene rings is 3. The zero-order valence-electron chi connectivity index (χ0n) is 18.9. The summed E-state index contributed by atoms with van der Waals surface area (Å²) < 4.78 is 33.4. The first-order valence-corrected chi connectivity index (χ1v) is 12.5. The van der Waals surface area contributed by atoms with Gasteiger partial charge in [0.1, 0.15) is 11.5 Å². The van der Waals surface area contributed by atoms with E-state index in [1.54, 1.807) is 43.3 Å². The second-order valence-corrected chi connectivity index (χ2v) is 10.3. The quantitative estimate of drug-likeness (QED) is 0.521. The molecule has 7 heteroatoms. The monoisotopic (exact) mass is 464 g/mol. The minimum atomic E-state index is -3.61. The Balaban J connectivity index is 1.48. The lowest BCUT2D eigenvalue weighted by atomic mass is 10.1. The third-order valence-electron chi connectivity index (χ3n) is 5.74. The largest absolute Gasteiger partial charge is 0.457 e. The number of nitrogens with one attached hydrogen (secondary N) is 1. The third kappa shape index (κ3) is 5.43. The first-order valence-electron chi connectivity index (χ1n) is 11.1. The zero-order valence-corrected chi connectivity index (χ0v) is 19.7. The topological polar surface area (TPSA) is 75.7 Å². The molecule has 0 aliphatic carbocycles. The Morgan fingerprint density at radius 2 is 1.61 bits per heavy atom. The number of nitrogens with zero attached hydrogens (tertiary/aromatic N) is 1. The van der Waals surface area contributed by atoms with Gasteiger partial charge < -0.3 is 10.1 Å². The molecule has 33 heavy (non-hydrogen) atoms. The van der Waals surface area contributed by atoms with E-state index in [9.17, 15) is 13.2 Å². The van der Waals surface area contributed by atoms with Gasteiger partial charge in [0.05, 0.1) is 4.90 Å². The smallest absolute Gasteiger partial charge is 0.255 e. The van der Waals surface area contributed by atoms with Crippen LogP contribution in [0.2, 0.25) is 0 Å². The molecule has 0 aromatic heterocycles. The van der Waals surface area contributed by atoms with Crippen molar-refractivity contribution in [3.63, 3.8) is 0 Å². The molecule has 1 aliphatic heterocycles. The summed E-state index contributed by atoms with van der Waals surface area (Å²) in [4.78, 5) is 13.1. The molecule has 0 atom stereocenters. The number of hydrogen-bond acceptors (Lipinski definition) is 4. The summed E-state index contributed by atoms with van der Waals surface area (Å²) in [5.41, 5.74) is 2.76. The molecule has 0 bridgehead atoms. The lowest BCUT2D eigenvalue weighted by Gasteiger charge is -2.26. The molecule has 0 saturated carbocycles. The van der Waals surface area contributed by atoms with E-state index in [2.05, 4.69) is 5.32 Å². The fourth-order valence-electron chi connectivity index (χ4n) is 3.88. The van der Waals surface area contributed by atoms with Crippen LogP contribution >= 0.6 is 0 Å². The summed E-state index contributed by atoms with van der Waals surface area (Å²) >= 11 is 0. The Morgan fingerprint density at radius 3 is 2.30 bits per heavy atom. The molecule has 1 heterocycles. The highest BCUT2D eigenvalue weighted by atomic mass is 32.2. The second-order valence-electron chi connectivity index (χ2n) is 8.34. The summed E-state index contributed by atoms with van der Waals surface area (Å²) in [5.74, 6) is 1.05. The predicted molar refractivity (Wildman–Crippen MR) is 129 cm³/mol. The van der Waals surface area contributed by atoms with Gasteiger partial charge in [-0.05, 0) is 86.3 Å². The summed E-state index contributed by atoms with van der Waals surface area (Å²) in [5, 5.41) is 2.85. The standard InChI is InChI=1S/C26H28N2O4S/c1-19-7-6-8-23(17-19)32-22-12-10-21(11-13-22)27-26(29)25-18-24(14-9-20(25)2)33(30,31)28-15-4-3-5-16-28/h6-14,17-18H,3-5,15-16H2,1-2H3,(H,27,29). The zero-order chi connectivity index (χ0) is 23.4. The van der Waals surface area contributed by atoms with E-state index in [1.165, 1.54) is 10.4 Å². The van der Waals surface area contributed by atoms with Gasteiger partial charge in [-0.2, -0.15) is 4.31 Å². The first kappa shape index (κ1) is 23.0. The second kappa shape index (κ2) is 9.77. The molecule has 6 nitrogen and oxygen atoms in total. The number of ether oxygens (including phenoxy) is 1. The number of carbonyl (C=O) groups excluding carboxylic acids is 1. The number of amides is 1. The Labute approximate surface area is 195 Å². The molecule has 1 fully saturated rings. The van der Waals surface area contributed by atoms with Crippen molar-refractivity contribution in [1.29, 1.82) is 0 Å². The molecule has 0 radical (unpaired) electrons. The molecule has 1 aliphatic rings. The molecule has 3 aromatic rings. The van der Waals surface area contributed by atoms with Crippen molar-refractivity contribution in [2.24, 2.45) is 0 Å². The number of aryl methyl sites for hydroxylation is 2. The molecule has 4 rings (SSSR count). The Kier molecular flexibility index (Phi) is 6.81. The van der Waals surface area contributed by atoms with Gasteiger partial charge >= 0.3 is 0 Å². The average Bonchev–Trinajstić information content (AvgIpc) is 2.81. The highest BCUT2D eigenvalue weighted by Crippen LogP contribution is 2.26. The highest BCUT2D eigenvalue weighted by molar-refractivity contribution is 7.89. The van der Waals surface area contributed by atoms with Crippen molar-refractivity contribution in [2.75, 3.05) is 18.4 Å². The van der Waals surface area contributed by atoms with Gasteiger partial charge in [-0.25, -0.2) is 8.42 Å². The molecule has 1 saturated heterocycles. The summed E-state index contributed by atoms with van der Waals surface area (Å²) in [6.07, 6.45) is 2.77. The predicted octanol–water partition coefficient (Wildman–Crippen LogP) is 5.52. The fourth-order valence-corrected chi connectivity index (χ4v) is 5.42. The van der Waals surface area contributed by atoms with Gasteiger partial charge in [-0.1, -0.05) is 24.6 Å². The van der Waals surface area contributed by atoms with E-state index >= 15 is 0 Å². The van der Waals surface area contributed by atoms with Gasteiger partial charge in [0, 0.05) is 24.3 Å². The van der Waals surface area contributed by atoms with Crippen molar-refractivity contribution in [2.45, 2.75) is 38.0 Å². The fraction of sp³-hybridized carbons (Fsp3) is 0.269. The Morgan fingerprint density at radius 1 is 0.879 bits per heavy atom. The number of rotatable bonds is 6. The number of piperidine rings is 1. The van der Waals surface area contributed by atoms with Crippen LogP contribution in [-0.4, -0.2) is 31.7 Å². The summed E-state index contributed by atoms with van der Waals surface area (Å²) in [6, 6.07) is 19.6. The molecule has 0 unspecified atom stereocenters. The molecule has 0 spiro atoms. The molecular weight excluding hydrogens is 436 g/mol. The van der Waals surface area contributed by atoms with Crippen LogP contribution in [0, 0.1) is 13.8 Å². The minimum Gasteiger partial charge on any atom is -0.457 e. The van der Waals surface area contributed by atoms with Crippen LogP contribution in [0.1, 0.15) is 40.7 Å². The van der Waals surface area contributed by atoms with E-state index in [-0.39, 0.29) is 10.8 Å². The number of anilines is 1. The van der Waals surface area contributed by atoms with E-state index in [4.69, 9.17) is 4.74 Å². The van der Waals surface area contributed by atoms with E-state index in [0.717, 1.165) is 30.6 Å². The molecule has 1 amide bonds. The Bertz CT molecular complexity index is 1250. The average molecular weight is 465 g/mol. The highest BCUT2D eigenvalue weighted by Gasteiger charge is 2.27. The van der Waals surface area contributed by atoms with E-state index in [0.29, 0.717) is 35.7 Å². The summed E-state index contributed by atoms with van der Waals surface area (Å²) in [7, 11) is -3.61. The van der Waals surface area contributed by atoms with Crippen molar-refractivity contribution < 1.29 is 17.9 Å². The maximum atomic E-state index is 13.0. The first-order chi connectivity index (χ1) is 15.8. The molecule has 1 N–H and O–H groups in total. The number of sulfonamides is 1. The van der Waals surface area contributed by atoms with Crippen molar-refractivity contribution in [3.8, 4) is 11.5 Å². The van der Waals surface area contributed by atoms with Crippen molar-refractivity contribution in [1.82, 2.24) is 4.31 Å². The van der Waals surface area contributed by atoms with Crippen molar-refractivity contribution >= 4 is 21.6 Å². The molecule has 3 aromatic carbocycles. The van der Waals surface area contributed by atoms with Crippen LogP contribution in [0.25, 0.3) is 0 Å². The number of hydrogen-bond donors (Lipinski definition) is 1. The summed E-state index contributed by atoms with van der Waals surface area (Å²) in [6.45, 7) is 4.84. The maximum Gasteiger partial charge on any atom is 0.255 e. The Hall–Kier alpha value is -3.16. The van der Waals surface area contributed by atoms with Crippen LogP contribution < -0.4 is 10.1 Å². The normalized spacial score (nSPS) is 14.6. The van der Waals surface area contributed by atoms with Gasteiger partial charge in [-0.15, -0.1) is 0 Å². The van der Waals surface area contributed by atoms with Crippen LogP contribution in [0.3, 0.4) is 0 Å². The number of carbonyl (C=O) groups is 1. The SMILES string of the molecule is Cc1cccc(Oc2ccc(NC(=O)c3cc(S(=O)(=O)N4CCCCC4)ccc3C)cc2)c1. The molecule has 172 valence electrons. The maximum absolute atomic E-state index is 13.0. The van der Waals surface area contributed by atoms with Crippen molar-refractivity contribution in [3.05, 3.63) is 83.4 Å². The van der Waals surface area contributed by atoms with Crippen LogP contribution in [0.15, 0.2) is 71.6 Å². The molecular formula is C26H28N2O4S. The minimum absolute atomic E-state index is 0.155. The van der Waals surface area contributed by atoms with E-state index in [1.807, 2.05) is 31.2 Å². The van der Waals surface area contributed by atoms with Gasteiger partial charge in [0.15, 0.2) is 0 Å². The van der Waals surface area contributed by atoms with Crippen LogP contribution in [0.4, 0.5) is 5.69 Å². The van der Waals surface area contributed by atoms with Crippen LogP contribution in [0.5, 0.6) is 11.5 Å². The lowest BCUT2D eigenvalue weighted by molar-refractivity contribution is 0.102. The lowest BCUT2D eigenvalue weighted by Crippen LogP contribution is -2.35. The third-order valence-corrected chi connectivity index (χ3v) is 7.64. The van der Waals surface area contributed by atoms with Gasteiger partial charge in [-0.3, -0.25) is 4.79 Å². The van der Waals surface area contributed by atoms with Gasteiger partial charge in [0.25, 0.3) is 5.91 Å².